The number of anilines is 3. The Labute approximate surface area is 378 Å². The minimum Gasteiger partial charge on any atom is -0.310 e. The molecule has 2 heteroatoms. The fraction of sp³-hybridized carbons (Fsp3) is 0.279. The summed E-state index contributed by atoms with van der Waals surface area (Å²) in [7, 11) is 7.99. The van der Waals surface area contributed by atoms with Crippen LogP contribution in [-0.2, 0) is 16.2 Å². The summed E-state index contributed by atoms with van der Waals surface area (Å²) in [4.78, 5) is 2.60. The lowest BCUT2D eigenvalue weighted by atomic mass is 9.62. The Morgan fingerprint density at radius 2 is 1.05 bits per heavy atom. The first kappa shape index (κ1) is 41.2. The van der Waals surface area contributed by atoms with Crippen LogP contribution in [0.3, 0.4) is 0 Å². The van der Waals surface area contributed by atoms with Crippen molar-refractivity contribution in [1.29, 1.82) is 0 Å². The van der Waals surface area contributed by atoms with Gasteiger partial charge in [0.1, 0.15) is 7.85 Å². The van der Waals surface area contributed by atoms with E-state index < -0.39 is 0 Å². The minimum atomic E-state index is -0.280. The molecule has 1 aliphatic heterocycles. The number of aryl methyl sites for hydroxylation is 3. The normalized spacial score (nSPS) is 16.5. The van der Waals surface area contributed by atoms with Gasteiger partial charge in [0.25, 0.3) is 0 Å². The van der Waals surface area contributed by atoms with Crippen LogP contribution in [0.5, 0.6) is 0 Å². The lowest BCUT2D eigenvalue weighted by Gasteiger charge is -2.44. The predicted molar refractivity (Wildman–Crippen MR) is 273 cm³/mol. The van der Waals surface area contributed by atoms with Crippen LogP contribution in [0.25, 0.3) is 55.7 Å². The predicted octanol–water partition coefficient (Wildman–Crippen LogP) is 16.1. The topological polar surface area (TPSA) is 3.24 Å². The maximum atomic E-state index is 7.99. The van der Waals surface area contributed by atoms with E-state index in [4.69, 9.17) is 7.85 Å². The van der Waals surface area contributed by atoms with Crippen molar-refractivity contribution in [2.45, 2.75) is 112 Å². The van der Waals surface area contributed by atoms with Gasteiger partial charge >= 0.3 is 0 Å². The first-order valence-corrected chi connectivity index (χ1v) is 23.0. The third-order valence-electron chi connectivity index (χ3n) is 15.7. The van der Waals surface area contributed by atoms with Gasteiger partial charge in [-0.15, -0.1) is 0 Å². The Morgan fingerprint density at radius 1 is 0.476 bits per heavy atom. The van der Waals surface area contributed by atoms with Crippen molar-refractivity contribution >= 4 is 41.5 Å². The van der Waals surface area contributed by atoms with Crippen LogP contribution in [0.1, 0.15) is 124 Å². The van der Waals surface area contributed by atoms with Crippen LogP contribution < -0.4 is 10.4 Å². The second-order valence-electron chi connectivity index (χ2n) is 20.8. The Hall–Kier alpha value is -5.86. The van der Waals surface area contributed by atoms with Gasteiger partial charge in [0.2, 0.25) is 0 Å². The average molecular weight is 818 g/mol. The maximum Gasteiger partial charge on any atom is 0.117 e. The highest BCUT2D eigenvalue weighted by Gasteiger charge is 2.43. The Balaban J connectivity index is 1.42. The lowest BCUT2D eigenvalue weighted by Crippen LogP contribution is -2.34. The second-order valence-corrected chi connectivity index (χ2v) is 20.8. The molecule has 7 aromatic carbocycles. The second kappa shape index (κ2) is 14.3. The molecule has 0 aromatic heterocycles. The van der Waals surface area contributed by atoms with E-state index in [9.17, 15) is 0 Å². The van der Waals surface area contributed by atoms with Gasteiger partial charge < -0.3 is 4.90 Å². The van der Waals surface area contributed by atoms with Gasteiger partial charge in [-0.2, -0.15) is 0 Å². The highest BCUT2D eigenvalue weighted by atomic mass is 15.2. The Kier molecular flexibility index (Phi) is 9.37. The van der Waals surface area contributed by atoms with E-state index in [1.54, 1.807) is 0 Å². The number of fused-ring (bicyclic) bond motifs is 11. The van der Waals surface area contributed by atoms with Crippen LogP contribution >= 0.6 is 0 Å². The molecule has 2 aliphatic carbocycles. The molecule has 0 spiro atoms. The van der Waals surface area contributed by atoms with Gasteiger partial charge in [0.05, 0.1) is 5.69 Å². The smallest absolute Gasteiger partial charge is 0.117 e. The van der Waals surface area contributed by atoms with Crippen molar-refractivity contribution < 1.29 is 0 Å². The van der Waals surface area contributed by atoms with Crippen molar-refractivity contribution in [3.63, 3.8) is 0 Å². The molecule has 0 N–H and O–H groups in total. The number of rotatable bonds is 4. The summed E-state index contributed by atoms with van der Waals surface area (Å²) in [5.41, 5.74) is 29.6. The van der Waals surface area contributed by atoms with Crippen molar-refractivity contribution in [1.82, 2.24) is 0 Å². The maximum absolute atomic E-state index is 7.99. The molecule has 0 atom stereocenters. The summed E-state index contributed by atoms with van der Waals surface area (Å²) >= 11 is 0. The molecule has 0 amide bonds. The standard InChI is InChI=1S/C61H60BN/c1-35-20-13-15-22-41(35)38(4)39(5)44-25-19-26-46-54(44)47-29-28-43(42-23-16-14-21-36(42)2)40(6)58(47)63(52-34-51-50(32-37(52)3)59(7,8)30-31-60(51,9)10)53-33-48-45-24-17-18-27-49(45)61(11,12)56(48)55(46)57(53)62/h13-29,32-34H,30-31H2,1-12H3/b39-38+. The summed E-state index contributed by atoms with van der Waals surface area (Å²) in [5, 5.41) is 0. The summed E-state index contributed by atoms with van der Waals surface area (Å²) < 4.78 is 0. The van der Waals surface area contributed by atoms with Gasteiger partial charge in [0.15, 0.2) is 0 Å². The van der Waals surface area contributed by atoms with Gasteiger partial charge in [-0.25, -0.2) is 0 Å². The first-order chi connectivity index (χ1) is 29.9. The highest BCUT2D eigenvalue weighted by Crippen LogP contribution is 2.59. The molecule has 1 nitrogen and oxygen atoms in total. The Morgan fingerprint density at radius 3 is 1.75 bits per heavy atom. The number of hydrogen-bond donors (Lipinski definition) is 0. The zero-order chi connectivity index (χ0) is 44.5. The third kappa shape index (κ3) is 6.04. The van der Waals surface area contributed by atoms with Gasteiger partial charge in [-0.1, -0.05) is 156 Å². The average Bonchev–Trinajstić information content (AvgIpc) is 3.48. The third-order valence-corrected chi connectivity index (χ3v) is 15.7. The van der Waals surface area contributed by atoms with Crippen molar-refractivity contribution in [3.05, 3.63) is 177 Å². The molecule has 0 saturated carbocycles. The van der Waals surface area contributed by atoms with Crippen LogP contribution in [-0.4, -0.2) is 7.85 Å². The molecule has 2 bridgehead atoms. The molecule has 0 saturated heterocycles. The molecule has 10 rings (SSSR count). The van der Waals surface area contributed by atoms with E-state index in [2.05, 4.69) is 209 Å². The molecule has 0 fully saturated rings. The van der Waals surface area contributed by atoms with E-state index in [1.165, 1.54) is 124 Å². The monoisotopic (exact) mass is 817 g/mol. The molecule has 2 radical (unpaired) electrons. The molecule has 63 heavy (non-hydrogen) atoms. The number of benzene rings is 7. The zero-order valence-corrected chi connectivity index (χ0v) is 39.5. The summed E-state index contributed by atoms with van der Waals surface area (Å²) in [6, 6.07) is 46.0. The van der Waals surface area contributed by atoms with E-state index in [0.717, 1.165) is 23.1 Å². The molecule has 312 valence electrons. The molecule has 3 aliphatic rings. The first-order valence-electron chi connectivity index (χ1n) is 23.0. The summed E-state index contributed by atoms with van der Waals surface area (Å²) in [6.45, 7) is 28.3. The Bertz CT molecular complexity index is 3110. The quantitative estimate of drug-likeness (QED) is 0.126. The summed E-state index contributed by atoms with van der Waals surface area (Å²) in [5.74, 6) is 0. The molecule has 7 aromatic rings. The minimum absolute atomic E-state index is 0.0172. The van der Waals surface area contributed by atoms with Gasteiger partial charge in [-0.3, -0.25) is 0 Å². The zero-order valence-electron chi connectivity index (χ0n) is 39.5. The van der Waals surface area contributed by atoms with E-state index >= 15 is 0 Å². The summed E-state index contributed by atoms with van der Waals surface area (Å²) in [6.07, 6.45) is 2.31. The van der Waals surface area contributed by atoms with Crippen LogP contribution in [0, 0.1) is 27.7 Å². The fourth-order valence-corrected chi connectivity index (χ4v) is 11.8. The largest absolute Gasteiger partial charge is 0.310 e. The SMILES string of the molecule is [B]c1c2cc3c(c1-c1cccc(/C(C)=C(\C)c4ccccc4C)c1-c1ccc(-c4ccccc4C)c(C)c1N2c1cc2c(cc1C)C(C)(C)CCC2(C)C)C(C)(C)c1ccccc1-3. The van der Waals surface area contributed by atoms with Crippen molar-refractivity contribution in [2.24, 2.45) is 0 Å². The van der Waals surface area contributed by atoms with Crippen LogP contribution in [0.4, 0.5) is 17.1 Å². The molecule has 1 heterocycles. The molecular weight excluding hydrogens is 757 g/mol. The van der Waals surface area contributed by atoms with Crippen LogP contribution in [0.15, 0.2) is 121 Å². The number of nitrogens with zero attached hydrogens (tertiary/aromatic N) is 1. The molecule has 0 unspecified atom stereocenters. The molecular formula is C61H60BN. The van der Waals surface area contributed by atoms with Gasteiger partial charge in [-0.05, 0) is 183 Å². The number of hydrogen-bond acceptors (Lipinski definition) is 1. The van der Waals surface area contributed by atoms with Crippen molar-refractivity contribution in [2.75, 3.05) is 4.90 Å². The van der Waals surface area contributed by atoms with E-state index in [-0.39, 0.29) is 16.2 Å². The lowest BCUT2D eigenvalue weighted by molar-refractivity contribution is 0.332. The van der Waals surface area contributed by atoms with E-state index in [0.29, 0.717) is 0 Å². The van der Waals surface area contributed by atoms with Crippen molar-refractivity contribution in [3.8, 4) is 44.5 Å². The van der Waals surface area contributed by atoms with Crippen LogP contribution in [0.2, 0.25) is 0 Å². The number of allylic oxidation sites excluding steroid dienone is 2. The highest BCUT2D eigenvalue weighted by molar-refractivity contribution is 6.41. The fourth-order valence-electron chi connectivity index (χ4n) is 11.8. The van der Waals surface area contributed by atoms with Gasteiger partial charge in [0, 0.05) is 22.4 Å². The van der Waals surface area contributed by atoms with E-state index in [1.807, 2.05) is 0 Å².